The lowest BCUT2D eigenvalue weighted by atomic mass is 10.1. The molecule has 3 aromatic carbocycles. The lowest BCUT2D eigenvalue weighted by Gasteiger charge is -2.36. The third-order valence-corrected chi connectivity index (χ3v) is 12.0. The Morgan fingerprint density at radius 2 is 1.47 bits per heavy atom. The summed E-state index contributed by atoms with van der Waals surface area (Å²) in [6, 6.07) is 15.3. The Morgan fingerprint density at radius 1 is 0.787 bits per heavy atom. The van der Waals surface area contributed by atoms with Crippen LogP contribution in [0.5, 0.6) is 17.2 Å². The van der Waals surface area contributed by atoms with Crippen molar-refractivity contribution < 1.29 is 40.1 Å². The minimum Gasteiger partial charge on any atom is -0.493 e. The summed E-state index contributed by atoms with van der Waals surface area (Å²) in [5, 5.41) is 2.25. The SMILES string of the molecule is Cc1cc(OCCCOc2cccc3c2C(=O)NC3=O)cc(OS(=O)(=O)c2ccccc2S(=O)(=O)N2CCC(N3CCCC3)CC2)c1. The molecule has 12 nitrogen and oxygen atoms in total. The van der Waals surface area contributed by atoms with Crippen LogP contribution in [0.4, 0.5) is 0 Å². The number of imide groups is 1. The predicted molar refractivity (Wildman–Crippen MR) is 172 cm³/mol. The van der Waals surface area contributed by atoms with Crippen molar-refractivity contribution >= 4 is 32.0 Å². The number of hydrogen-bond donors (Lipinski definition) is 1. The number of hydrogen-bond acceptors (Lipinski definition) is 10. The van der Waals surface area contributed by atoms with Crippen LogP contribution in [-0.4, -0.2) is 83.3 Å². The van der Waals surface area contributed by atoms with E-state index in [2.05, 4.69) is 10.2 Å². The van der Waals surface area contributed by atoms with Gasteiger partial charge in [0, 0.05) is 31.6 Å². The Labute approximate surface area is 274 Å². The minimum atomic E-state index is -4.54. The highest BCUT2D eigenvalue weighted by atomic mass is 32.2. The summed E-state index contributed by atoms with van der Waals surface area (Å²) in [5.41, 5.74) is 1.14. The molecule has 14 heteroatoms. The van der Waals surface area contributed by atoms with Gasteiger partial charge in [-0.3, -0.25) is 14.9 Å². The van der Waals surface area contributed by atoms with E-state index < -0.39 is 36.9 Å². The summed E-state index contributed by atoms with van der Waals surface area (Å²) < 4.78 is 72.9. The van der Waals surface area contributed by atoms with Crippen molar-refractivity contribution in [3.8, 4) is 17.2 Å². The molecule has 3 aliphatic rings. The Kier molecular flexibility index (Phi) is 9.55. The summed E-state index contributed by atoms with van der Waals surface area (Å²) in [6.07, 6.45) is 4.15. The summed E-state index contributed by atoms with van der Waals surface area (Å²) >= 11 is 0. The number of amides is 2. The first-order valence-corrected chi connectivity index (χ1v) is 18.5. The molecule has 3 heterocycles. The van der Waals surface area contributed by atoms with Gasteiger partial charge in [-0.2, -0.15) is 12.7 Å². The van der Waals surface area contributed by atoms with E-state index in [-0.39, 0.29) is 35.0 Å². The predicted octanol–water partition coefficient (Wildman–Crippen LogP) is 3.74. The first-order valence-electron chi connectivity index (χ1n) is 15.7. The van der Waals surface area contributed by atoms with Crippen LogP contribution in [0.2, 0.25) is 0 Å². The Hall–Kier alpha value is -3.98. The number of fused-ring (bicyclic) bond motifs is 1. The molecule has 0 aliphatic carbocycles. The average Bonchev–Trinajstić information content (AvgIpc) is 3.69. The van der Waals surface area contributed by atoms with Crippen LogP contribution in [0.3, 0.4) is 0 Å². The van der Waals surface area contributed by atoms with E-state index in [1.807, 2.05) is 0 Å². The normalized spacial score (nSPS) is 17.8. The molecule has 3 aromatic rings. The van der Waals surface area contributed by atoms with E-state index >= 15 is 0 Å². The number of benzene rings is 3. The highest BCUT2D eigenvalue weighted by molar-refractivity contribution is 7.91. The maximum Gasteiger partial charge on any atom is 0.340 e. The van der Waals surface area contributed by atoms with Gasteiger partial charge in [-0.25, -0.2) is 8.42 Å². The second-order valence-electron chi connectivity index (χ2n) is 11.9. The number of carbonyl (C=O) groups excluding carboxylic acids is 2. The lowest BCUT2D eigenvalue weighted by Crippen LogP contribution is -2.46. The molecule has 6 rings (SSSR count). The van der Waals surface area contributed by atoms with Crippen LogP contribution in [0.1, 0.15) is 58.4 Å². The standard InChI is InChI=1S/C33H37N3O9S2/c1-23-20-25(43-18-7-19-44-28-9-6-8-27-31(28)33(38)34-32(27)37)22-26(21-23)45-47(41,42)30-11-3-2-10-29(30)46(39,40)36-16-12-24(13-17-36)35-14-4-5-15-35/h2-3,6,8-11,20-22,24H,4-5,7,12-19H2,1H3,(H,34,37,38). The third kappa shape index (κ3) is 7.15. The molecule has 47 heavy (non-hydrogen) atoms. The molecule has 0 spiro atoms. The van der Waals surface area contributed by atoms with Crippen molar-refractivity contribution in [2.24, 2.45) is 0 Å². The largest absolute Gasteiger partial charge is 0.493 e. The Bertz CT molecular complexity index is 1880. The summed E-state index contributed by atoms with van der Waals surface area (Å²) in [5.74, 6) is -0.336. The average molecular weight is 684 g/mol. The van der Waals surface area contributed by atoms with Gasteiger partial charge in [-0.05, 0) is 87.7 Å². The zero-order chi connectivity index (χ0) is 33.2. The molecular formula is C33H37N3O9S2. The zero-order valence-corrected chi connectivity index (χ0v) is 27.6. The maximum absolute atomic E-state index is 13.7. The first-order chi connectivity index (χ1) is 22.5. The van der Waals surface area contributed by atoms with Crippen LogP contribution in [0.25, 0.3) is 0 Å². The van der Waals surface area contributed by atoms with Crippen LogP contribution in [-0.2, 0) is 20.1 Å². The van der Waals surface area contributed by atoms with Crippen molar-refractivity contribution in [3.05, 3.63) is 77.4 Å². The fraction of sp³-hybridized carbons (Fsp3) is 0.394. The van der Waals surface area contributed by atoms with E-state index in [4.69, 9.17) is 13.7 Å². The van der Waals surface area contributed by atoms with Gasteiger partial charge in [-0.15, -0.1) is 0 Å². The number of rotatable bonds is 12. The molecular weight excluding hydrogens is 647 g/mol. The summed E-state index contributed by atoms with van der Waals surface area (Å²) in [4.78, 5) is 25.6. The number of ether oxygens (including phenoxy) is 2. The number of sulfonamides is 1. The third-order valence-electron chi connectivity index (χ3n) is 8.59. The first kappa shape index (κ1) is 32.9. The highest BCUT2D eigenvalue weighted by Gasteiger charge is 2.36. The molecule has 2 amide bonds. The Morgan fingerprint density at radius 3 is 2.21 bits per heavy atom. The molecule has 250 valence electrons. The molecule has 0 radical (unpaired) electrons. The molecule has 1 N–H and O–H groups in total. The number of piperidine rings is 1. The second kappa shape index (κ2) is 13.6. The van der Waals surface area contributed by atoms with E-state index in [1.54, 1.807) is 31.2 Å². The van der Waals surface area contributed by atoms with Crippen LogP contribution in [0, 0.1) is 6.92 Å². The number of carbonyl (C=O) groups is 2. The molecule has 0 atom stereocenters. The summed E-state index contributed by atoms with van der Waals surface area (Å²) in [6.45, 7) is 4.87. The molecule has 0 saturated carbocycles. The Balaban J connectivity index is 1.09. The van der Waals surface area contributed by atoms with E-state index in [0.29, 0.717) is 55.5 Å². The van der Waals surface area contributed by atoms with Crippen LogP contribution in [0.15, 0.2) is 70.5 Å². The summed E-state index contributed by atoms with van der Waals surface area (Å²) in [7, 11) is -8.64. The van der Waals surface area contributed by atoms with Gasteiger partial charge in [-0.1, -0.05) is 18.2 Å². The van der Waals surface area contributed by atoms with Crippen LogP contribution < -0.4 is 19.0 Å². The number of likely N-dealkylation sites (tertiary alicyclic amines) is 1. The monoisotopic (exact) mass is 683 g/mol. The number of nitrogens with zero attached hydrogens (tertiary/aromatic N) is 2. The second-order valence-corrected chi connectivity index (χ2v) is 15.3. The van der Waals surface area contributed by atoms with Crippen molar-refractivity contribution in [3.63, 3.8) is 0 Å². The molecule has 0 aromatic heterocycles. The van der Waals surface area contributed by atoms with Crippen LogP contribution >= 0.6 is 0 Å². The lowest BCUT2D eigenvalue weighted by molar-refractivity contribution is 0.0878. The smallest absolute Gasteiger partial charge is 0.340 e. The fourth-order valence-electron chi connectivity index (χ4n) is 6.32. The van der Waals surface area contributed by atoms with Gasteiger partial charge in [0.1, 0.15) is 27.0 Å². The number of aryl methyl sites for hydroxylation is 1. The van der Waals surface area contributed by atoms with E-state index in [9.17, 15) is 26.4 Å². The van der Waals surface area contributed by atoms with Crippen molar-refractivity contribution in [2.45, 2.75) is 54.9 Å². The molecule has 2 saturated heterocycles. The minimum absolute atomic E-state index is 0.0228. The molecule has 0 unspecified atom stereocenters. The van der Waals surface area contributed by atoms with E-state index in [0.717, 1.165) is 25.9 Å². The maximum atomic E-state index is 13.7. The van der Waals surface area contributed by atoms with Crippen molar-refractivity contribution in [1.82, 2.24) is 14.5 Å². The van der Waals surface area contributed by atoms with Crippen molar-refractivity contribution in [1.29, 1.82) is 0 Å². The zero-order valence-electron chi connectivity index (χ0n) is 26.0. The fourth-order valence-corrected chi connectivity index (χ4v) is 9.48. The van der Waals surface area contributed by atoms with Crippen molar-refractivity contribution in [2.75, 3.05) is 39.4 Å². The van der Waals surface area contributed by atoms with Gasteiger partial charge in [0.05, 0.1) is 24.3 Å². The van der Waals surface area contributed by atoms with Gasteiger partial charge in [0.2, 0.25) is 10.0 Å². The highest BCUT2D eigenvalue weighted by Crippen LogP contribution is 2.32. The molecule has 0 bridgehead atoms. The van der Waals surface area contributed by atoms with Gasteiger partial charge < -0.3 is 18.6 Å². The van der Waals surface area contributed by atoms with Gasteiger partial charge in [0.15, 0.2) is 0 Å². The molecule has 2 fully saturated rings. The molecule has 3 aliphatic heterocycles. The quantitative estimate of drug-likeness (QED) is 0.170. The van der Waals surface area contributed by atoms with E-state index in [1.165, 1.54) is 40.7 Å². The van der Waals surface area contributed by atoms with Gasteiger partial charge >= 0.3 is 10.1 Å². The number of nitrogens with one attached hydrogen (secondary N) is 1. The topological polar surface area (TPSA) is 149 Å². The van der Waals surface area contributed by atoms with Gasteiger partial charge in [0.25, 0.3) is 11.8 Å².